The summed E-state index contributed by atoms with van der Waals surface area (Å²) in [6.45, 7) is 1.57. The summed E-state index contributed by atoms with van der Waals surface area (Å²) >= 11 is 6.16. The number of nitrogens with zero attached hydrogens (tertiary/aromatic N) is 4. The van der Waals surface area contributed by atoms with Crippen molar-refractivity contribution in [3.8, 4) is 11.3 Å². The van der Waals surface area contributed by atoms with Crippen molar-refractivity contribution in [3.05, 3.63) is 77.1 Å². The van der Waals surface area contributed by atoms with Crippen molar-refractivity contribution >= 4 is 22.5 Å². The summed E-state index contributed by atoms with van der Waals surface area (Å²) in [5.74, 6) is 0. The zero-order chi connectivity index (χ0) is 20.1. The van der Waals surface area contributed by atoms with E-state index in [4.69, 9.17) is 26.4 Å². The van der Waals surface area contributed by atoms with Crippen LogP contribution in [0.1, 0.15) is 17.7 Å². The van der Waals surface area contributed by atoms with Gasteiger partial charge in [-0.15, -0.1) is 5.10 Å². The summed E-state index contributed by atoms with van der Waals surface area (Å²) in [5.41, 5.74) is 4.56. The highest BCUT2D eigenvalue weighted by molar-refractivity contribution is 6.30. The third kappa shape index (κ3) is 4.79. The number of aromatic nitrogens is 4. The van der Waals surface area contributed by atoms with Crippen LogP contribution in [0.5, 0.6) is 0 Å². The van der Waals surface area contributed by atoms with Crippen molar-refractivity contribution in [2.45, 2.75) is 26.2 Å². The second-order valence-corrected chi connectivity index (χ2v) is 7.17. The van der Waals surface area contributed by atoms with E-state index in [0.717, 1.165) is 33.4 Å². The van der Waals surface area contributed by atoms with Crippen molar-refractivity contribution in [2.75, 3.05) is 6.61 Å². The van der Waals surface area contributed by atoms with Gasteiger partial charge >= 0.3 is 0 Å². The first-order valence-electron chi connectivity index (χ1n) is 9.45. The Kier molecular flexibility index (Phi) is 6.14. The first-order chi connectivity index (χ1) is 14.2. The smallest absolute Gasteiger partial charge is 0.108 e. The molecule has 29 heavy (non-hydrogen) atoms. The lowest BCUT2D eigenvalue weighted by Crippen LogP contribution is -2.00. The maximum atomic E-state index is 8.91. The molecule has 7 heteroatoms. The van der Waals surface area contributed by atoms with E-state index in [1.807, 2.05) is 60.8 Å². The molecule has 0 saturated carbocycles. The van der Waals surface area contributed by atoms with E-state index in [2.05, 4.69) is 10.3 Å². The molecule has 2 aromatic heterocycles. The second-order valence-electron chi connectivity index (χ2n) is 6.74. The molecule has 0 bridgehead atoms. The lowest BCUT2D eigenvalue weighted by atomic mass is 10.0. The molecule has 4 aromatic rings. The minimum Gasteiger partial charge on any atom is -0.396 e. The Morgan fingerprint density at radius 3 is 2.79 bits per heavy atom. The number of fused-ring (bicyclic) bond motifs is 1. The van der Waals surface area contributed by atoms with E-state index in [1.54, 1.807) is 4.68 Å². The summed E-state index contributed by atoms with van der Waals surface area (Å²) in [6, 6.07) is 17.8. The fraction of sp³-hybridized carbons (Fsp3) is 0.227. The van der Waals surface area contributed by atoms with Gasteiger partial charge in [0.25, 0.3) is 0 Å². The van der Waals surface area contributed by atoms with E-state index in [1.165, 1.54) is 0 Å². The van der Waals surface area contributed by atoms with Gasteiger partial charge in [0.1, 0.15) is 5.69 Å². The number of aliphatic hydroxyl groups is 1. The molecule has 4 rings (SSSR count). The molecule has 0 saturated heterocycles. The van der Waals surface area contributed by atoms with Crippen molar-refractivity contribution in [1.29, 1.82) is 0 Å². The molecule has 1 N–H and O–H groups in total. The predicted octanol–water partition coefficient (Wildman–Crippen LogP) is 4.25. The van der Waals surface area contributed by atoms with Gasteiger partial charge in [0.05, 0.1) is 30.6 Å². The highest BCUT2D eigenvalue weighted by Crippen LogP contribution is 2.27. The maximum absolute atomic E-state index is 8.91. The fourth-order valence-corrected chi connectivity index (χ4v) is 3.37. The molecule has 0 aliphatic heterocycles. The predicted molar refractivity (Wildman–Crippen MR) is 112 cm³/mol. The Labute approximate surface area is 173 Å². The van der Waals surface area contributed by atoms with E-state index >= 15 is 0 Å². The quantitative estimate of drug-likeness (QED) is 0.472. The minimum absolute atomic E-state index is 0.135. The normalized spacial score (nSPS) is 11.2. The topological polar surface area (TPSA) is 73.1 Å². The summed E-state index contributed by atoms with van der Waals surface area (Å²) in [5, 5.41) is 18.8. The Hall–Kier alpha value is -2.80. The summed E-state index contributed by atoms with van der Waals surface area (Å²) in [7, 11) is 0. The van der Waals surface area contributed by atoms with Crippen LogP contribution in [0.4, 0.5) is 0 Å². The first-order valence-corrected chi connectivity index (χ1v) is 9.83. The van der Waals surface area contributed by atoms with Crippen LogP contribution in [0, 0.1) is 0 Å². The van der Waals surface area contributed by atoms with Crippen molar-refractivity contribution < 1.29 is 9.84 Å². The number of pyridine rings is 1. The number of halogens is 1. The van der Waals surface area contributed by atoms with Crippen LogP contribution < -0.4 is 0 Å². The van der Waals surface area contributed by atoms with Gasteiger partial charge in [-0.05, 0) is 36.2 Å². The molecule has 0 atom stereocenters. The number of aryl methyl sites for hydroxylation is 1. The number of ether oxygens (including phenoxy) is 1. The van der Waals surface area contributed by atoms with Gasteiger partial charge in [-0.1, -0.05) is 47.1 Å². The standard InChI is InChI=1S/C22H21ClN4O2/c23-18-6-3-5-16(11-18)22-12-17(20-7-1-2-8-21(20)24-22)14-29-15-19-13-27(26-25-19)9-4-10-28/h1-3,5-8,11-13,28H,4,9-10,14-15H2. The Morgan fingerprint density at radius 1 is 1.03 bits per heavy atom. The molecule has 6 nitrogen and oxygen atoms in total. The molecular weight excluding hydrogens is 388 g/mol. The van der Waals surface area contributed by atoms with E-state index in [9.17, 15) is 0 Å². The lowest BCUT2D eigenvalue weighted by Gasteiger charge is -2.10. The molecule has 0 amide bonds. The highest BCUT2D eigenvalue weighted by Gasteiger charge is 2.09. The number of para-hydroxylation sites is 1. The van der Waals surface area contributed by atoms with Crippen molar-refractivity contribution in [1.82, 2.24) is 20.0 Å². The van der Waals surface area contributed by atoms with Crippen LogP contribution in [0.25, 0.3) is 22.2 Å². The van der Waals surface area contributed by atoms with Crippen molar-refractivity contribution in [2.24, 2.45) is 0 Å². The molecule has 148 valence electrons. The first kappa shape index (κ1) is 19.5. The Morgan fingerprint density at radius 2 is 1.93 bits per heavy atom. The Bertz CT molecular complexity index is 1110. The van der Waals surface area contributed by atoms with Gasteiger partial charge in [-0.3, -0.25) is 4.68 Å². The van der Waals surface area contributed by atoms with E-state index in [0.29, 0.717) is 31.2 Å². The molecular formula is C22H21ClN4O2. The molecule has 0 fully saturated rings. The lowest BCUT2D eigenvalue weighted by molar-refractivity contribution is 0.105. The number of benzene rings is 2. The SMILES string of the molecule is OCCCn1cc(COCc2cc(-c3cccc(Cl)c3)nc3ccccc23)nn1. The number of rotatable bonds is 8. The molecule has 0 aliphatic carbocycles. The number of hydrogen-bond donors (Lipinski definition) is 1. The van der Waals surface area contributed by atoms with Crippen LogP contribution in [0.3, 0.4) is 0 Å². The van der Waals surface area contributed by atoms with E-state index in [-0.39, 0.29) is 6.61 Å². The molecule has 0 unspecified atom stereocenters. The van der Waals surface area contributed by atoms with Gasteiger partial charge in [0.15, 0.2) is 0 Å². The van der Waals surface area contributed by atoms with Gasteiger partial charge in [-0.2, -0.15) is 0 Å². The fourth-order valence-electron chi connectivity index (χ4n) is 3.17. The number of hydrogen-bond acceptors (Lipinski definition) is 5. The molecule has 0 radical (unpaired) electrons. The molecule has 0 spiro atoms. The van der Waals surface area contributed by atoms with Crippen LogP contribution >= 0.6 is 11.6 Å². The summed E-state index contributed by atoms with van der Waals surface area (Å²) in [6.07, 6.45) is 2.50. The van der Waals surface area contributed by atoms with Crippen molar-refractivity contribution in [3.63, 3.8) is 0 Å². The second kappa shape index (κ2) is 9.13. The van der Waals surface area contributed by atoms with Crippen LogP contribution in [0.2, 0.25) is 5.02 Å². The maximum Gasteiger partial charge on any atom is 0.108 e. The average Bonchev–Trinajstić information content (AvgIpc) is 3.19. The van der Waals surface area contributed by atoms with Gasteiger partial charge < -0.3 is 9.84 Å². The molecule has 2 heterocycles. The van der Waals surface area contributed by atoms with Gasteiger partial charge in [0, 0.05) is 29.1 Å². The summed E-state index contributed by atoms with van der Waals surface area (Å²) in [4.78, 5) is 4.79. The average molecular weight is 409 g/mol. The summed E-state index contributed by atoms with van der Waals surface area (Å²) < 4.78 is 7.64. The zero-order valence-corrected chi connectivity index (χ0v) is 16.6. The minimum atomic E-state index is 0.135. The van der Waals surface area contributed by atoms with Crippen LogP contribution in [-0.4, -0.2) is 31.7 Å². The third-order valence-corrected chi connectivity index (χ3v) is 4.80. The molecule has 0 aliphatic rings. The largest absolute Gasteiger partial charge is 0.396 e. The van der Waals surface area contributed by atoms with Gasteiger partial charge in [0.2, 0.25) is 0 Å². The third-order valence-electron chi connectivity index (χ3n) is 4.56. The van der Waals surface area contributed by atoms with E-state index < -0.39 is 0 Å². The van der Waals surface area contributed by atoms with Crippen LogP contribution in [0.15, 0.2) is 60.8 Å². The Balaban J connectivity index is 1.54. The highest BCUT2D eigenvalue weighted by atomic mass is 35.5. The zero-order valence-electron chi connectivity index (χ0n) is 15.8. The molecule has 2 aromatic carbocycles. The monoisotopic (exact) mass is 408 g/mol. The number of aliphatic hydroxyl groups excluding tert-OH is 1. The van der Waals surface area contributed by atoms with Gasteiger partial charge in [-0.25, -0.2) is 4.98 Å². The van der Waals surface area contributed by atoms with Crippen LogP contribution in [-0.2, 0) is 24.5 Å².